The largest absolute Gasteiger partial charge is 0.462 e. The Morgan fingerprint density at radius 3 is 1.71 bits per heavy atom. The van der Waals surface area contributed by atoms with Gasteiger partial charge in [0, 0.05) is 0 Å². The van der Waals surface area contributed by atoms with E-state index in [0.717, 1.165) is 0 Å². The van der Waals surface area contributed by atoms with E-state index in [9.17, 15) is 40.3 Å². The smallest absolute Gasteiger partial charge is 0.460 e. The van der Waals surface area contributed by atoms with Crippen LogP contribution in [0.2, 0.25) is 0 Å². The van der Waals surface area contributed by atoms with Gasteiger partial charge in [0.05, 0.1) is 5.92 Å². The van der Waals surface area contributed by atoms with Crippen molar-refractivity contribution in [1.29, 1.82) is 0 Å². The molecule has 0 aliphatic carbocycles. The van der Waals surface area contributed by atoms with Crippen molar-refractivity contribution < 1.29 is 49.8 Å². The van der Waals surface area contributed by atoms with Crippen molar-refractivity contribution in [2.24, 2.45) is 5.92 Å². The van der Waals surface area contributed by atoms with Gasteiger partial charge in [0.2, 0.25) is 0 Å². The molecule has 0 aromatic heterocycles. The summed E-state index contributed by atoms with van der Waals surface area (Å²) in [6.45, 7) is 1.01. The van der Waals surface area contributed by atoms with Gasteiger partial charge < -0.3 is 9.47 Å². The summed E-state index contributed by atoms with van der Waals surface area (Å²) < 4.78 is 93.6. The number of hydrogen-bond acceptors (Lipinski definition) is 4. The van der Waals surface area contributed by atoms with E-state index >= 15 is 0 Å². The fourth-order valence-corrected chi connectivity index (χ4v) is 0.840. The molecule has 0 saturated carbocycles. The van der Waals surface area contributed by atoms with Crippen molar-refractivity contribution in [1.82, 2.24) is 0 Å². The Kier molecular flexibility index (Phi) is 6.00. The molecule has 0 aliphatic rings. The van der Waals surface area contributed by atoms with Crippen LogP contribution in [0.4, 0.5) is 30.7 Å². The molecule has 0 atom stereocenters. The minimum Gasteiger partial charge on any atom is -0.462 e. The average molecular weight is 328 g/mol. The van der Waals surface area contributed by atoms with Gasteiger partial charge in [-0.25, -0.2) is 4.79 Å². The number of ether oxygens (including phenoxy) is 2. The van der Waals surface area contributed by atoms with Crippen molar-refractivity contribution in [3.8, 4) is 0 Å². The molecule has 11 heteroatoms. The average Bonchev–Trinajstić information content (AvgIpc) is 2.31. The van der Waals surface area contributed by atoms with Crippen molar-refractivity contribution in [3.63, 3.8) is 0 Å². The summed E-state index contributed by atoms with van der Waals surface area (Å²) in [7, 11) is 0. The van der Waals surface area contributed by atoms with Crippen molar-refractivity contribution in [3.05, 3.63) is 0 Å². The number of carbonyl (C=O) groups excluding carboxylic acids is 2. The van der Waals surface area contributed by atoms with Gasteiger partial charge >= 0.3 is 30.0 Å². The summed E-state index contributed by atoms with van der Waals surface area (Å²) in [6, 6.07) is 0. The van der Waals surface area contributed by atoms with Gasteiger partial charge in [-0.2, -0.15) is 30.7 Å². The summed E-state index contributed by atoms with van der Waals surface area (Å²) in [4.78, 5) is 21.5. The third kappa shape index (κ3) is 4.46. The molecule has 0 heterocycles. The number of carbonyl (C=O) groups is 2. The summed E-state index contributed by atoms with van der Waals surface area (Å²) in [5.41, 5.74) is 0. The van der Waals surface area contributed by atoms with E-state index in [1.165, 1.54) is 13.8 Å². The molecule has 0 rings (SSSR count). The molecule has 21 heavy (non-hydrogen) atoms. The maximum atomic E-state index is 12.8. The molecule has 0 aromatic rings. The molecule has 0 N–H and O–H groups in total. The quantitative estimate of drug-likeness (QED) is 0.427. The monoisotopic (exact) mass is 328 g/mol. The second-order valence-electron chi connectivity index (χ2n) is 4.10. The highest BCUT2D eigenvalue weighted by Gasteiger charge is 2.77. The lowest BCUT2D eigenvalue weighted by Crippen LogP contribution is -2.56. The molecule has 4 nitrogen and oxygen atoms in total. The van der Waals surface area contributed by atoms with Crippen LogP contribution in [-0.2, 0) is 19.1 Å². The Labute approximate surface area is 114 Å². The SMILES string of the molecule is CC(C)C(=O)OCCOC(=O)C(F)(F)C(F)(F)C(F)(F)F. The first-order valence-electron chi connectivity index (χ1n) is 5.41. The zero-order chi connectivity index (χ0) is 17.1. The van der Waals surface area contributed by atoms with Gasteiger partial charge in [0.25, 0.3) is 0 Å². The van der Waals surface area contributed by atoms with Gasteiger partial charge in [-0.05, 0) is 0 Å². The summed E-state index contributed by atoms with van der Waals surface area (Å²) in [6.07, 6.45) is -6.63. The van der Waals surface area contributed by atoms with Crippen LogP contribution in [-0.4, -0.2) is 43.2 Å². The normalized spacial score (nSPS) is 13.2. The van der Waals surface area contributed by atoms with E-state index in [2.05, 4.69) is 9.47 Å². The lowest BCUT2D eigenvalue weighted by Gasteiger charge is -2.26. The number of esters is 2. The molecule has 0 unspecified atom stereocenters. The molecule has 0 spiro atoms. The van der Waals surface area contributed by atoms with Crippen LogP contribution in [0, 0.1) is 5.92 Å². The first-order chi connectivity index (χ1) is 9.25. The van der Waals surface area contributed by atoms with E-state index in [1.54, 1.807) is 0 Å². The highest BCUT2D eigenvalue weighted by atomic mass is 19.4. The van der Waals surface area contributed by atoms with Crippen LogP contribution < -0.4 is 0 Å². The molecule has 0 saturated heterocycles. The van der Waals surface area contributed by atoms with E-state index in [0.29, 0.717) is 0 Å². The Bertz CT molecular complexity index is 389. The summed E-state index contributed by atoms with van der Waals surface area (Å²) in [5.74, 6) is -17.1. The minimum atomic E-state index is -6.63. The third-order valence-corrected chi connectivity index (χ3v) is 2.04. The number of hydrogen-bond donors (Lipinski definition) is 0. The molecular weight excluding hydrogens is 317 g/mol. The Morgan fingerprint density at radius 1 is 0.905 bits per heavy atom. The molecular formula is C10H11F7O4. The van der Waals surface area contributed by atoms with Crippen LogP contribution in [0.5, 0.6) is 0 Å². The van der Waals surface area contributed by atoms with E-state index in [1.807, 2.05) is 0 Å². The van der Waals surface area contributed by atoms with Crippen LogP contribution in [0.15, 0.2) is 0 Å². The molecule has 0 amide bonds. The Hall–Kier alpha value is -1.55. The van der Waals surface area contributed by atoms with Gasteiger partial charge in [-0.15, -0.1) is 0 Å². The molecule has 0 bridgehead atoms. The number of alkyl halides is 7. The Balaban J connectivity index is 4.56. The maximum absolute atomic E-state index is 12.8. The van der Waals surface area contributed by atoms with Crippen molar-refractivity contribution in [2.75, 3.05) is 13.2 Å². The first kappa shape index (κ1) is 19.4. The number of rotatable bonds is 6. The number of halogens is 7. The van der Waals surface area contributed by atoms with Crippen molar-refractivity contribution >= 4 is 11.9 Å². The fraction of sp³-hybridized carbons (Fsp3) is 0.800. The topological polar surface area (TPSA) is 52.6 Å². The van der Waals surface area contributed by atoms with Crippen LogP contribution in [0.1, 0.15) is 13.8 Å². The molecule has 0 radical (unpaired) electrons. The molecule has 124 valence electrons. The van der Waals surface area contributed by atoms with Crippen molar-refractivity contribution in [2.45, 2.75) is 31.9 Å². The zero-order valence-electron chi connectivity index (χ0n) is 10.8. The standard InChI is InChI=1S/C10H11F7O4/c1-5(2)6(18)20-3-4-21-7(19)8(11,12)9(13,14)10(15,16)17/h5H,3-4H2,1-2H3. The van der Waals surface area contributed by atoms with Gasteiger partial charge in [-0.3, -0.25) is 4.79 Å². The highest BCUT2D eigenvalue weighted by molar-refractivity contribution is 5.79. The molecule has 0 fully saturated rings. The first-order valence-corrected chi connectivity index (χ1v) is 5.41. The maximum Gasteiger partial charge on any atom is 0.460 e. The summed E-state index contributed by atoms with van der Waals surface area (Å²) in [5, 5.41) is 0. The summed E-state index contributed by atoms with van der Waals surface area (Å²) >= 11 is 0. The zero-order valence-corrected chi connectivity index (χ0v) is 10.8. The van der Waals surface area contributed by atoms with Crippen LogP contribution in [0.25, 0.3) is 0 Å². The molecule has 0 aromatic carbocycles. The van der Waals surface area contributed by atoms with Gasteiger partial charge in [-0.1, -0.05) is 13.8 Å². The van der Waals surface area contributed by atoms with E-state index < -0.39 is 49.1 Å². The second kappa shape index (κ2) is 6.48. The third-order valence-electron chi connectivity index (χ3n) is 2.04. The van der Waals surface area contributed by atoms with Gasteiger partial charge in [0.1, 0.15) is 13.2 Å². The molecule has 0 aliphatic heterocycles. The predicted octanol–water partition coefficient (Wildman–Crippen LogP) is 2.56. The van der Waals surface area contributed by atoms with Crippen LogP contribution in [0.3, 0.4) is 0 Å². The predicted molar refractivity (Wildman–Crippen MR) is 52.7 cm³/mol. The lowest BCUT2D eigenvalue weighted by atomic mass is 10.1. The minimum absolute atomic E-state index is 0.586. The van der Waals surface area contributed by atoms with Gasteiger partial charge in [0.15, 0.2) is 0 Å². The highest BCUT2D eigenvalue weighted by Crippen LogP contribution is 2.46. The second-order valence-corrected chi connectivity index (χ2v) is 4.10. The fourth-order valence-electron chi connectivity index (χ4n) is 0.840. The van der Waals surface area contributed by atoms with E-state index in [4.69, 9.17) is 0 Å². The Morgan fingerprint density at radius 2 is 1.33 bits per heavy atom. The van der Waals surface area contributed by atoms with Crippen LogP contribution >= 0.6 is 0 Å². The van der Waals surface area contributed by atoms with E-state index in [-0.39, 0.29) is 0 Å². The lowest BCUT2D eigenvalue weighted by molar-refractivity contribution is -0.348.